The molecule has 2 nitrogen and oxygen atoms in total. The van der Waals surface area contributed by atoms with Crippen LogP contribution in [0.2, 0.25) is 0 Å². The standard InChI is InChI=1S/C12H16FNO/c1-8-3-4-10(5-11(8)13)12-7-14-6-9(2)15-12/h3-5,9,12,14H,6-7H2,1-2H3. The lowest BCUT2D eigenvalue weighted by atomic mass is 10.1. The van der Waals surface area contributed by atoms with Gasteiger partial charge in [0.05, 0.1) is 12.2 Å². The molecule has 1 aromatic rings. The molecular formula is C12H16FNO. The van der Waals surface area contributed by atoms with E-state index in [4.69, 9.17) is 4.74 Å². The number of aryl methyl sites for hydroxylation is 1. The molecule has 1 saturated heterocycles. The van der Waals surface area contributed by atoms with Crippen LogP contribution in [0.25, 0.3) is 0 Å². The first-order valence-corrected chi connectivity index (χ1v) is 5.29. The summed E-state index contributed by atoms with van der Waals surface area (Å²) in [6.45, 7) is 5.41. The van der Waals surface area contributed by atoms with E-state index < -0.39 is 0 Å². The highest BCUT2D eigenvalue weighted by Gasteiger charge is 2.20. The monoisotopic (exact) mass is 209 g/mol. The number of rotatable bonds is 1. The second-order valence-electron chi connectivity index (χ2n) is 4.10. The van der Waals surface area contributed by atoms with Gasteiger partial charge in [0.25, 0.3) is 0 Å². The van der Waals surface area contributed by atoms with Gasteiger partial charge < -0.3 is 10.1 Å². The van der Waals surface area contributed by atoms with Gasteiger partial charge in [0.1, 0.15) is 5.82 Å². The van der Waals surface area contributed by atoms with E-state index in [9.17, 15) is 4.39 Å². The molecule has 0 spiro atoms. The van der Waals surface area contributed by atoms with Crippen LogP contribution in [-0.2, 0) is 4.74 Å². The van der Waals surface area contributed by atoms with Gasteiger partial charge in [-0.15, -0.1) is 0 Å². The molecule has 0 amide bonds. The summed E-state index contributed by atoms with van der Waals surface area (Å²) in [7, 11) is 0. The van der Waals surface area contributed by atoms with Gasteiger partial charge in [-0.3, -0.25) is 0 Å². The van der Waals surface area contributed by atoms with Crippen molar-refractivity contribution in [3.05, 3.63) is 35.1 Å². The van der Waals surface area contributed by atoms with Crippen molar-refractivity contribution in [1.29, 1.82) is 0 Å². The Hall–Kier alpha value is -0.930. The van der Waals surface area contributed by atoms with Crippen LogP contribution in [-0.4, -0.2) is 19.2 Å². The molecule has 3 heteroatoms. The first-order chi connectivity index (χ1) is 7.16. The summed E-state index contributed by atoms with van der Waals surface area (Å²) in [6, 6.07) is 5.30. The predicted molar refractivity (Wildman–Crippen MR) is 57.3 cm³/mol. The molecular weight excluding hydrogens is 193 g/mol. The summed E-state index contributed by atoms with van der Waals surface area (Å²) in [4.78, 5) is 0. The Bertz CT molecular complexity index is 353. The van der Waals surface area contributed by atoms with Crippen LogP contribution in [0.1, 0.15) is 24.2 Å². The van der Waals surface area contributed by atoms with Crippen molar-refractivity contribution in [2.24, 2.45) is 0 Å². The Balaban J connectivity index is 2.18. The highest BCUT2D eigenvalue weighted by atomic mass is 19.1. The second kappa shape index (κ2) is 4.29. The van der Waals surface area contributed by atoms with Crippen LogP contribution < -0.4 is 5.32 Å². The molecule has 2 rings (SSSR count). The number of hydrogen-bond acceptors (Lipinski definition) is 2. The van der Waals surface area contributed by atoms with Crippen LogP contribution in [0.5, 0.6) is 0 Å². The molecule has 1 N–H and O–H groups in total. The SMILES string of the molecule is Cc1ccc(C2CNCC(C)O2)cc1F. The Labute approximate surface area is 89.4 Å². The molecule has 0 aromatic heterocycles. The zero-order valence-electron chi connectivity index (χ0n) is 9.09. The average molecular weight is 209 g/mol. The van der Waals surface area contributed by atoms with E-state index in [2.05, 4.69) is 5.32 Å². The fraction of sp³-hybridized carbons (Fsp3) is 0.500. The van der Waals surface area contributed by atoms with Gasteiger partial charge in [0.15, 0.2) is 0 Å². The molecule has 0 aliphatic carbocycles. The maximum atomic E-state index is 13.4. The van der Waals surface area contributed by atoms with Crippen LogP contribution in [0.4, 0.5) is 4.39 Å². The Morgan fingerprint density at radius 3 is 2.87 bits per heavy atom. The molecule has 0 radical (unpaired) electrons. The van der Waals surface area contributed by atoms with E-state index in [0.29, 0.717) is 5.56 Å². The third kappa shape index (κ3) is 2.36. The summed E-state index contributed by atoms with van der Waals surface area (Å²) >= 11 is 0. The number of ether oxygens (including phenoxy) is 1. The highest BCUT2D eigenvalue weighted by molar-refractivity contribution is 5.25. The lowest BCUT2D eigenvalue weighted by molar-refractivity contribution is -0.0288. The molecule has 15 heavy (non-hydrogen) atoms. The van der Waals surface area contributed by atoms with Crippen LogP contribution in [0.15, 0.2) is 18.2 Å². The van der Waals surface area contributed by atoms with Crippen molar-refractivity contribution in [1.82, 2.24) is 5.32 Å². The second-order valence-corrected chi connectivity index (χ2v) is 4.10. The van der Waals surface area contributed by atoms with Crippen LogP contribution in [0.3, 0.4) is 0 Å². The number of hydrogen-bond donors (Lipinski definition) is 1. The summed E-state index contributed by atoms with van der Waals surface area (Å²) in [5.41, 5.74) is 1.59. The maximum Gasteiger partial charge on any atom is 0.126 e. The maximum absolute atomic E-state index is 13.4. The van der Waals surface area contributed by atoms with Gasteiger partial charge in [0, 0.05) is 13.1 Å². The summed E-state index contributed by atoms with van der Waals surface area (Å²) in [5, 5.41) is 3.27. The third-order valence-electron chi connectivity index (χ3n) is 2.73. The minimum atomic E-state index is -0.158. The van der Waals surface area contributed by atoms with E-state index in [1.807, 2.05) is 13.0 Å². The predicted octanol–water partition coefficient (Wildman–Crippen LogP) is 2.18. The van der Waals surface area contributed by atoms with Gasteiger partial charge in [-0.2, -0.15) is 0 Å². The minimum absolute atomic E-state index is 0.0242. The molecule has 1 aromatic carbocycles. The highest BCUT2D eigenvalue weighted by Crippen LogP contribution is 2.22. The normalized spacial score (nSPS) is 26.6. The van der Waals surface area contributed by atoms with Crippen molar-refractivity contribution in [2.75, 3.05) is 13.1 Å². The number of morpholine rings is 1. The zero-order chi connectivity index (χ0) is 10.8. The molecule has 1 fully saturated rings. The summed E-state index contributed by atoms with van der Waals surface area (Å²) < 4.78 is 19.1. The van der Waals surface area contributed by atoms with Gasteiger partial charge >= 0.3 is 0 Å². The molecule has 1 aliphatic heterocycles. The molecule has 1 aliphatic rings. The quantitative estimate of drug-likeness (QED) is 0.765. The van der Waals surface area contributed by atoms with Crippen molar-refractivity contribution in [3.8, 4) is 0 Å². The summed E-state index contributed by atoms with van der Waals surface area (Å²) in [5.74, 6) is -0.158. The fourth-order valence-corrected chi connectivity index (χ4v) is 1.80. The van der Waals surface area contributed by atoms with Gasteiger partial charge in [-0.1, -0.05) is 12.1 Å². The minimum Gasteiger partial charge on any atom is -0.368 e. The van der Waals surface area contributed by atoms with Gasteiger partial charge in [0.2, 0.25) is 0 Å². The number of benzene rings is 1. The Morgan fingerprint density at radius 1 is 1.40 bits per heavy atom. The smallest absolute Gasteiger partial charge is 0.126 e. The molecule has 1 heterocycles. The molecule has 0 bridgehead atoms. The third-order valence-corrected chi connectivity index (χ3v) is 2.73. The van der Waals surface area contributed by atoms with E-state index in [0.717, 1.165) is 18.7 Å². The first-order valence-electron chi connectivity index (χ1n) is 5.29. The van der Waals surface area contributed by atoms with Crippen molar-refractivity contribution < 1.29 is 9.13 Å². The molecule has 2 atom stereocenters. The van der Waals surface area contributed by atoms with Gasteiger partial charge in [-0.05, 0) is 31.0 Å². The number of nitrogens with one attached hydrogen (secondary N) is 1. The lowest BCUT2D eigenvalue weighted by Gasteiger charge is -2.29. The van der Waals surface area contributed by atoms with E-state index >= 15 is 0 Å². The van der Waals surface area contributed by atoms with Crippen molar-refractivity contribution in [3.63, 3.8) is 0 Å². The van der Waals surface area contributed by atoms with E-state index in [-0.39, 0.29) is 18.0 Å². The largest absolute Gasteiger partial charge is 0.368 e. The first kappa shape index (κ1) is 10.6. The lowest BCUT2D eigenvalue weighted by Crippen LogP contribution is -2.38. The molecule has 0 saturated carbocycles. The zero-order valence-corrected chi connectivity index (χ0v) is 9.09. The van der Waals surface area contributed by atoms with Gasteiger partial charge in [-0.25, -0.2) is 4.39 Å². The van der Waals surface area contributed by atoms with Crippen LogP contribution in [0, 0.1) is 12.7 Å². The molecule has 2 unspecified atom stereocenters. The summed E-state index contributed by atoms with van der Waals surface area (Å²) in [6.07, 6.45) is 0.164. The van der Waals surface area contributed by atoms with Crippen molar-refractivity contribution in [2.45, 2.75) is 26.1 Å². The van der Waals surface area contributed by atoms with E-state index in [1.165, 1.54) is 0 Å². The Morgan fingerprint density at radius 2 is 2.20 bits per heavy atom. The fourth-order valence-electron chi connectivity index (χ4n) is 1.80. The average Bonchev–Trinajstić information content (AvgIpc) is 2.22. The van der Waals surface area contributed by atoms with Crippen molar-refractivity contribution >= 4 is 0 Å². The topological polar surface area (TPSA) is 21.3 Å². The Kier molecular flexibility index (Phi) is 3.03. The van der Waals surface area contributed by atoms with Crippen LogP contribution >= 0.6 is 0 Å². The van der Waals surface area contributed by atoms with E-state index in [1.54, 1.807) is 19.1 Å². The molecule has 82 valence electrons. The number of halogens is 1.